The van der Waals surface area contributed by atoms with E-state index in [9.17, 15) is 18.0 Å². The Hall–Kier alpha value is -2.91. The van der Waals surface area contributed by atoms with E-state index in [2.05, 4.69) is 4.98 Å². The van der Waals surface area contributed by atoms with Crippen LogP contribution in [-0.4, -0.2) is 17.5 Å². The van der Waals surface area contributed by atoms with Crippen LogP contribution in [0.15, 0.2) is 54.6 Å². The van der Waals surface area contributed by atoms with Gasteiger partial charge in [0, 0.05) is 0 Å². The Morgan fingerprint density at radius 3 is 2.45 bits per heavy atom. The van der Waals surface area contributed by atoms with E-state index >= 15 is 0 Å². The highest BCUT2D eigenvalue weighted by Crippen LogP contribution is 2.40. The summed E-state index contributed by atoms with van der Waals surface area (Å²) < 4.78 is 45.8. The molecule has 0 radical (unpaired) electrons. The lowest BCUT2D eigenvalue weighted by atomic mass is 10.1. The second-order valence-electron chi connectivity index (χ2n) is 6.20. The summed E-state index contributed by atoms with van der Waals surface area (Å²) in [6.45, 7) is 0.242. The van der Waals surface area contributed by atoms with Gasteiger partial charge in [-0.05, 0) is 29.8 Å². The second-order valence-corrected chi connectivity index (χ2v) is 7.29. The molecule has 0 spiro atoms. The lowest BCUT2D eigenvalue weighted by Gasteiger charge is -2.14. The van der Waals surface area contributed by atoms with E-state index in [-0.39, 0.29) is 22.4 Å². The first-order valence-corrected chi connectivity index (χ1v) is 9.54. The number of nitrogens with zero attached hydrogens (tertiary/aromatic N) is 2. The summed E-state index contributed by atoms with van der Waals surface area (Å²) >= 11 is 0.954. The third-order valence-electron chi connectivity index (χ3n) is 4.17. The van der Waals surface area contributed by atoms with Crippen molar-refractivity contribution in [2.24, 2.45) is 0 Å². The molecule has 0 bridgehead atoms. The minimum absolute atomic E-state index is 0.0664. The summed E-state index contributed by atoms with van der Waals surface area (Å²) in [6, 6.07) is 14.9. The van der Waals surface area contributed by atoms with E-state index in [4.69, 9.17) is 9.57 Å². The first-order valence-electron chi connectivity index (χ1n) is 8.73. The highest BCUT2D eigenvalue weighted by atomic mass is 32.1. The Morgan fingerprint density at radius 1 is 1.10 bits per heavy atom. The number of anilines is 1. The zero-order valence-corrected chi connectivity index (χ0v) is 15.8. The van der Waals surface area contributed by atoms with Gasteiger partial charge in [-0.2, -0.15) is 18.2 Å². The van der Waals surface area contributed by atoms with Crippen LogP contribution in [0.1, 0.15) is 17.1 Å². The van der Waals surface area contributed by atoms with Crippen LogP contribution >= 0.6 is 11.3 Å². The summed E-state index contributed by atoms with van der Waals surface area (Å²) in [6.07, 6.45) is -4.22. The number of carbonyl (C=O) groups is 1. The number of benzene rings is 2. The largest absolute Gasteiger partial charge is 0.486 e. The molecule has 29 heavy (non-hydrogen) atoms. The van der Waals surface area contributed by atoms with Gasteiger partial charge >= 0.3 is 6.18 Å². The number of aromatic nitrogens is 1. The summed E-state index contributed by atoms with van der Waals surface area (Å²) in [4.78, 5) is 20.7. The molecule has 2 heterocycles. The van der Waals surface area contributed by atoms with Gasteiger partial charge in [-0.3, -0.25) is 9.63 Å². The monoisotopic (exact) mass is 420 g/mol. The fourth-order valence-electron chi connectivity index (χ4n) is 2.84. The SMILES string of the molecule is O=C1CCON1c1ccc(OCc2nc(C(F)(F)F)c(-c3ccccc3)s2)cc1. The van der Waals surface area contributed by atoms with Gasteiger partial charge in [0.1, 0.15) is 17.4 Å². The van der Waals surface area contributed by atoms with E-state index in [1.807, 2.05) is 0 Å². The predicted molar refractivity (Wildman–Crippen MR) is 101 cm³/mol. The van der Waals surface area contributed by atoms with Crippen LogP contribution in [0, 0.1) is 0 Å². The number of thiazole rings is 1. The van der Waals surface area contributed by atoms with Gasteiger partial charge in [-0.15, -0.1) is 11.3 Å². The van der Waals surface area contributed by atoms with Crippen molar-refractivity contribution in [1.29, 1.82) is 0 Å². The molecule has 0 saturated carbocycles. The minimum atomic E-state index is -4.55. The zero-order chi connectivity index (χ0) is 20.4. The van der Waals surface area contributed by atoms with Gasteiger partial charge in [0.2, 0.25) is 0 Å². The average Bonchev–Trinajstić information content (AvgIpc) is 3.34. The molecule has 1 saturated heterocycles. The lowest BCUT2D eigenvalue weighted by Crippen LogP contribution is -2.21. The van der Waals surface area contributed by atoms with Crippen LogP contribution in [0.25, 0.3) is 10.4 Å². The van der Waals surface area contributed by atoms with Crippen LogP contribution in [0.3, 0.4) is 0 Å². The molecule has 5 nitrogen and oxygen atoms in total. The van der Waals surface area contributed by atoms with Crippen LogP contribution in [-0.2, 0) is 22.4 Å². The maximum absolute atomic E-state index is 13.4. The third-order valence-corrected chi connectivity index (χ3v) is 5.25. The maximum Gasteiger partial charge on any atom is 0.434 e. The Morgan fingerprint density at radius 2 is 1.83 bits per heavy atom. The molecule has 2 aromatic carbocycles. The molecular formula is C20H15F3N2O3S. The summed E-state index contributed by atoms with van der Waals surface area (Å²) in [5.74, 6) is 0.319. The second kappa shape index (κ2) is 7.84. The Bertz CT molecular complexity index is 1000. The van der Waals surface area contributed by atoms with Gasteiger partial charge in [-0.25, -0.2) is 4.98 Å². The van der Waals surface area contributed by atoms with Crippen molar-refractivity contribution in [2.45, 2.75) is 19.2 Å². The molecule has 0 atom stereocenters. The number of hydrogen-bond acceptors (Lipinski definition) is 5. The number of amides is 1. The first-order chi connectivity index (χ1) is 13.9. The number of carbonyl (C=O) groups excluding carboxylic acids is 1. The van der Waals surface area contributed by atoms with Gasteiger partial charge in [0.05, 0.1) is 23.6 Å². The van der Waals surface area contributed by atoms with Gasteiger partial charge < -0.3 is 4.74 Å². The topological polar surface area (TPSA) is 51.7 Å². The fourth-order valence-corrected chi connectivity index (χ4v) is 3.84. The quantitative estimate of drug-likeness (QED) is 0.578. The molecule has 0 N–H and O–H groups in total. The minimum Gasteiger partial charge on any atom is -0.486 e. The van der Waals surface area contributed by atoms with Crippen LogP contribution < -0.4 is 9.80 Å². The molecule has 1 aliphatic heterocycles. The van der Waals surface area contributed by atoms with Crippen molar-refractivity contribution in [3.8, 4) is 16.2 Å². The number of halogens is 3. The molecule has 150 valence electrons. The molecule has 1 aliphatic rings. The van der Waals surface area contributed by atoms with Crippen LogP contribution in [0.5, 0.6) is 5.75 Å². The van der Waals surface area contributed by atoms with Crippen LogP contribution in [0.4, 0.5) is 18.9 Å². The highest BCUT2D eigenvalue weighted by Gasteiger charge is 2.38. The lowest BCUT2D eigenvalue weighted by molar-refractivity contribution is -0.140. The normalized spacial score (nSPS) is 14.4. The van der Waals surface area contributed by atoms with E-state index < -0.39 is 11.9 Å². The number of hydroxylamine groups is 1. The summed E-state index contributed by atoms with van der Waals surface area (Å²) in [5, 5.41) is 1.44. The third kappa shape index (κ3) is 4.25. The molecule has 1 amide bonds. The predicted octanol–water partition coefficient (Wildman–Crippen LogP) is 5.08. The smallest absolute Gasteiger partial charge is 0.434 e. The van der Waals surface area contributed by atoms with Crippen molar-refractivity contribution in [2.75, 3.05) is 11.7 Å². The average molecular weight is 420 g/mol. The van der Waals surface area contributed by atoms with Crippen molar-refractivity contribution in [1.82, 2.24) is 4.98 Å². The maximum atomic E-state index is 13.4. The molecule has 1 aromatic heterocycles. The molecular weight excluding hydrogens is 405 g/mol. The number of rotatable bonds is 5. The number of hydrogen-bond donors (Lipinski definition) is 0. The van der Waals surface area contributed by atoms with Crippen LogP contribution in [0.2, 0.25) is 0 Å². The Balaban J connectivity index is 1.50. The van der Waals surface area contributed by atoms with Gasteiger partial charge in [-0.1, -0.05) is 30.3 Å². The number of alkyl halides is 3. The van der Waals surface area contributed by atoms with E-state index in [1.165, 1.54) is 5.06 Å². The number of ether oxygens (including phenoxy) is 1. The van der Waals surface area contributed by atoms with Crippen molar-refractivity contribution in [3.63, 3.8) is 0 Å². The standard InChI is InChI=1S/C20H15F3N2O3S/c21-20(22,23)19-18(13-4-2-1-3-5-13)29-16(24-19)12-27-15-8-6-14(7-9-15)25-17(26)10-11-28-25/h1-9H,10-12H2. The van der Waals surface area contributed by atoms with E-state index in [0.29, 0.717) is 30.0 Å². The Labute approximate surface area is 168 Å². The van der Waals surface area contributed by atoms with Gasteiger partial charge in [0.15, 0.2) is 5.69 Å². The van der Waals surface area contributed by atoms with Gasteiger partial charge in [0.25, 0.3) is 5.91 Å². The molecule has 9 heteroatoms. The molecule has 1 fully saturated rings. The van der Waals surface area contributed by atoms with Crippen molar-refractivity contribution < 1.29 is 27.5 Å². The first kappa shape index (κ1) is 19.4. The van der Waals surface area contributed by atoms with Crippen molar-refractivity contribution >= 4 is 22.9 Å². The molecule has 3 aromatic rings. The summed E-state index contributed by atoms with van der Waals surface area (Å²) in [7, 11) is 0. The zero-order valence-electron chi connectivity index (χ0n) is 15.0. The van der Waals surface area contributed by atoms with Crippen molar-refractivity contribution in [3.05, 3.63) is 65.3 Å². The molecule has 0 unspecified atom stereocenters. The molecule has 0 aliphatic carbocycles. The fraction of sp³-hybridized carbons (Fsp3) is 0.200. The Kier molecular flexibility index (Phi) is 5.25. The van der Waals surface area contributed by atoms with E-state index in [0.717, 1.165) is 11.3 Å². The van der Waals surface area contributed by atoms with E-state index in [1.54, 1.807) is 54.6 Å². The molecule has 4 rings (SSSR count). The highest BCUT2D eigenvalue weighted by molar-refractivity contribution is 7.15. The summed E-state index contributed by atoms with van der Waals surface area (Å²) in [5.41, 5.74) is 0.121.